The molecule has 2 atom stereocenters. The van der Waals surface area contributed by atoms with Crippen LogP contribution in [0.25, 0.3) is 22.3 Å². The third-order valence-corrected chi connectivity index (χ3v) is 8.81. The molecule has 3 N–H and O–H groups in total. The number of hydrogen-bond acceptors (Lipinski definition) is 7. The Morgan fingerprint density at radius 3 is 2.74 bits per heavy atom. The minimum absolute atomic E-state index is 0.113. The molecule has 2 saturated carbocycles. The molecule has 3 aromatic rings. The Morgan fingerprint density at radius 1 is 1.28 bits per heavy atom. The van der Waals surface area contributed by atoms with Crippen LogP contribution < -0.4 is 10.2 Å². The Balaban J connectivity index is 1.17. The number of nitrogens with zero attached hydrogens (tertiary/aromatic N) is 6. The molecule has 0 bridgehead atoms. The third kappa shape index (κ3) is 4.22. The van der Waals surface area contributed by atoms with Gasteiger partial charge in [-0.3, -0.25) is 14.8 Å². The number of amides is 2. The topological polar surface area (TPSA) is 124 Å². The summed E-state index contributed by atoms with van der Waals surface area (Å²) in [5.41, 5.74) is 1.16. The van der Waals surface area contributed by atoms with Crippen LogP contribution in [0.5, 0.6) is 0 Å². The average molecular weight is 543 g/mol. The summed E-state index contributed by atoms with van der Waals surface area (Å²) >= 11 is 0. The van der Waals surface area contributed by atoms with E-state index >= 15 is 0 Å². The van der Waals surface area contributed by atoms with E-state index in [-0.39, 0.29) is 30.6 Å². The molecule has 7 rings (SSSR count). The van der Waals surface area contributed by atoms with Gasteiger partial charge < -0.3 is 25.0 Å². The number of piperidine rings is 1. The van der Waals surface area contributed by atoms with E-state index in [1.165, 1.54) is 6.20 Å². The number of pyridine rings is 1. The highest BCUT2D eigenvalue weighted by molar-refractivity contribution is 5.96. The smallest absolute Gasteiger partial charge is 0.322 e. The summed E-state index contributed by atoms with van der Waals surface area (Å²) in [6.07, 6.45) is 6.06. The Labute approximate surface area is 223 Å². The minimum atomic E-state index is -2.66. The van der Waals surface area contributed by atoms with Crippen LogP contribution in [0.3, 0.4) is 0 Å². The monoisotopic (exact) mass is 542 g/mol. The molecule has 5 heterocycles. The molecule has 0 radical (unpaired) electrons. The van der Waals surface area contributed by atoms with E-state index in [0.29, 0.717) is 60.9 Å². The Kier molecular flexibility index (Phi) is 5.28. The third-order valence-electron chi connectivity index (χ3n) is 8.81. The van der Waals surface area contributed by atoms with Crippen molar-refractivity contribution in [2.45, 2.75) is 68.7 Å². The molecule has 4 fully saturated rings. The predicted molar refractivity (Wildman–Crippen MR) is 139 cm³/mol. The number of nitrogens with one attached hydrogen (secondary N) is 2. The fourth-order valence-electron chi connectivity index (χ4n) is 6.15. The number of ether oxygens (including phenoxy) is 1. The zero-order chi connectivity index (χ0) is 27.2. The van der Waals surface area contributed by atoms with E-state index in [4.69, 9.17) is 9.84 Å². The van der Waals surface area contributed by atoms with Crippen molar-refractivity contribution in [3.05, 3.63) is 18.5 Å². The van der Waals surface area contributed by atoms with Crippen molar-refractivity contribution in [3.8, 4) is 11.4 Å². The maximum atomic E-state index is 13.8. The number of methoxy groups -OCH3 is 1. The van der Waals surface area contributed by atoms with E-state index in [1.807, 2.05) is 17.9 Å². The lowest BCUT2D eigenvalue weighted by molar-refractivity contribution is -0.0259. The van der Waals surface area contributed by atoms with Crippen LogP contribution in [-0.2, 0) is 11.3 Å². The molecule has 1 spiro atoms. The molecular weight excluding hydrogens is 510 g/mol. The second kappa shape index (κ2) is 8.34. The van der Waals surface area contributed by atoms with Gasteiger partial charge in [0.05, 0.1) is 46.7 Å². The van der Waals surface area contributed by atoms with Crippen LogP contribution >= 0.6 is 0 Å². The molecule has 208 valence electrons. The number of halogens is 2. The molecule has 4 aliphatic rings. The van der Waals surface area contributed by atoms with E-state index in [9.17, 15) is 18.7 Å². The number of alkyl halides is 2. The molecule has 39 heavy (non-hydrogen) atoms. The SMILES string of the molecule is COC1CN(c2nn(CC3CC3(F)F)c3cc(-c4[nH]ncc4NC(=O)N4CC[C@@](C)(O)CC45CC5)ncc23)C1. The quantitative estimate of drug-likeness (QED) is 0.437. The number of likely N-dealkylation sites (tertiary alicyclic amines) is 1. The zero-order valence-corrected chi connectivity index (χ0v) is 22.0. The molecular formula is C26H32F2N8O3. The molecule has 3 aromatic heterocycles. The van der Waals surface area contributed by atoms with Crippen molar-refractivity contribution in [1.82, 2.24) is 29.9 Å². The predicted octanol–water partition coefficient (Wildman–Crippen LogP) is 3.22. The summed E-state index contributed by atoms with van der Waals surface area (Å²) in [6.45, 7) is 3.77. The van der Waals surface area contributed by atoms with Crippen molar-refractivity contribution >= 4 is 28.4 Å². The normalized spacial score (nSPS) is 27.2. The first-order chi connectivity index (χ1) is 18.6. The summed E-state index contributed by atoms with van der Waals surface area (Å²) in [4.78, 5) is 21.8. The van der Waals surface area contributed by atoms with Crippen molar-refractivity contribution in [1.29, 1.82) is 0 Å². The van der Waals surface area contributed by atoms with Crippen LogP contribution in [0, 0.1) is 5.92 Å². The number of carbonyl (C=O) groups excluding carboxylic acids is 1. The van der Waals surface area contributed by atoms with Gasteiger partial charge in [-0.25, -0.2) is 13.6 Å². The fraction of sp³-hybridized carbons (Fsp3) is 0.615. The number of aromatic nitrogens is 5. The van der Waals surface area contributed by atoms with E-state index < -0.39 is 17.4 Å². The van der Waals surface area contributed by atoms with Gasteiger partial charge in [-0.2, -0.15) is 10.2 Å². The number of carbonyl (C=O) groups is 1. The van der Waals surface area contributed by atoms with Crippen molar-refractivity contribution in [2.24, 2.45) is 5.92 Å². The average Bonchev–Trinajstić information content (AvgIpc) is 3.59. The molecule has 2 aliphatic carbocycles. The van der Waals surface area contributed by atoms with Crippen LogP contribution in [0.1, 0.15) is 39.0 Å². The molecule has 2 amide bonds. The minimum Gasteiger partial charge on any atom is -0.390 e. The summed E-state index contributed by atoms with van der Waals surface area (Å²) in [7, 11) is 1.67. The highest BCUT2D eigenvalue weighted by atomic mass is 19.3. The van der Waals surface area contributed by atoms with Crippen LogP contribution in [0.15, 0.2) is 18.5 Å². The van der Waals surface area contributed by atoms with E-state index in [0.717, 1.165) is 18.2 Å². The van der Waals surface area contributed by atoms with Gasteiger partial charge in [0.2, 0.25) is 0 Å². The van der Waals surface area contributed by atoms with Crippen molar-refractivity contribution in [3.63, 3.8) is 0 Å². The first kappa shape index (κ1) is 24.7. The first-order valence-electron chi connectivity index (χ1n) is 13.4. The van der Waals surface area contributed by atoms with Gasteiger partial charge in [0.1, 0.15) is 5.69 Å². The van der Waals surface area contributed by atoms with Gasteiger partial charge in [-0.05, 0) is 38.7 Å². The van der Waals surface area contributed by atoms with Gasteiger partial charge >= 0.3 is 6.03 Å². The maximum Gasteiger partial charge on any atom is 0.322 e. The van der Waals surface area contributed by atoms with Gasteiger partial charge in [0.25, 0.3) is 5.92 Å². The highest BCUT2D eigenvalue weighted by Gasteiger charge is 2.57. The first-order valence-corrected chi connectivity index (χ1v) is 13.4. The Morgan fingerprint density at radius 2 is 2.05 bits per heavy atom. The number of aromatic amines is 1. The lowest BCUT2D eigenvalue weighted by Gasteiger charge is -2.43. The van der Waals surface area contributed by atoms with Crippen molar-refractivity contribution < 1.29 is 23.4 Å². The number of aliphatic hydroxyl groups is 1. The second-order valence-electron chi connectivity index (χ2n) is 11.9. The number of anilines is 2. The second-order valence-corrected chi connectivity index (χ2v) is 11.9. The lowest BCUT2D eigenvalue weighted by atomic mass is 9.86. The van der Waals surface area contributed by atoms with Gasteiger partial charge in [-0.15, -0.1) is 0 Å². The Hall–Kier alpha value is -3.32. The molecule has 2 saturated heterocycles. The van der Waals surface area contributed by atoms with Gasteiger partial charge in [0.15, 0.2) is 5.82 Å². The van der Waals surface area contributed by atoms with Crippen LogP contribution in [0.4, 0.5) is 25.1 Å². The molecule has 0 aromatic carbocycles. The van der Waals surface area contributed by atoms with Gasteiger partial charge in [0, 0.05) is 50.8 Å². The lowest BCUT2D eigenvalue weighted by Crippen LogP contribution is -2.54. The standard InChI is InChI=1S/C26H32F2N8O3/c1-24(38)5-6-35(25(14-24)3-4-25)23(37)31-19-10-30-32-21(19)18-7-20-17(9-29-18)22(34-12-16(13-34)39-2)33-36(20)11-15-8-26(15,27)28/h7,9-10,15-16,38H,3-6,8,11-14H2,1-2H3,(H,30,32)(H,31,37)/t15?,24-/m1/s1. The molecule has 13 heteroatoms. The fourth-order valence-corrected chi connectivity index (χ4v) is 6.15. The van der Waals surface area contributed by atoms with Gasteiger partial charge in [-0.1, -0.05) is 0 Å². The number of rotatable bonds is 6. The molecule has 1 unspecified atom stereocenters. The molecule has 2 aliphatic heterocycles. The summed E-state index contributed by atoms with van der Waals surface area (Å²) in [6, 6.07) is 1.57. The summed E-state index contributed by atoms with van der Waals surface area (Å²) < 4.78 is 34.6. The van der Waals surface area contributed by atoms with Crippen molar-refractivity contribution in [2.75, 3.05) is 37.0 Å². The number of fused-ring (bicyclic) bond motifs is 1. The summed E-state index contributed by atoms with van der Waals surface area (Å²) in [5, 5.41) is 26.1. The van der Waals surface area contributed by atoms with E-state index in [1.54, 1.807) is 18.0 Å². The van der Waals surface area contributed by atoms with Crippen LogP contribution in [-0.4, -0.2) is 90.9 Å². The largest absolute Gasteiger partial charge is 0.390 e. The summed E-state index contributed by atoms with van der Waals surface area (Å²) in [5.74, 6) is -2.70. The Bertz CT molecular complexity index is 1440. The van der Waals surface area contributed by atoms with Crippen LogP contribution in [0.2, 0.25) is 0 Å². The maximum absolute atomic E-state index is 13.8. The number of H-pyrrole nitrogens is 1. The van der Waals surface area contributed by atoms with E-state index in [2.05, 4.69) is 25.4 Å². The number of hydrogen-bond donors (Lipinski definition) is 3. The molecule has 11 nitrogen and oxygen atoms in total. The zero-order valence-electron chi connectivity index (χ0n) is 22.0. The highest BCUT2D eigenvalue weighted by Crippen LogP contribution is 2.52. The number of urea groups is 1.